The van der Waals surface area contributed by atoms with Gasteiger partial charge in [0.05, 0.1) is 12.2 Å². The van der Waals surface area contributed by atoms with Crippen LogP contribution in [-0.4, -0.2) is 23.9 Å². The predicted octanol–water partition coefficient (Wildman–Crippen LogP) is 1.20. The lowest BCUT2D eigenvalue weighted by Gasteiger charge is -2.13. The molecule has 0 atom stereocenters. The Balaban J connectivity index is 3.22. The quantitative estimate of drug-likeness (QED) is 0.803. The van der Waals surface area contributed by atoms with Gasteiger partial charge in [-0.2, -0.15) is 4.98 Å². The second-order valence-electron chi connectivity index (χ2n) is 3.34. The molecular weight excluding hydrogens is 267 g/mol. The maximum Gasteiger partial charge on any atom is 0.574 e. The molecule has 0 unspecified atom stereocenters. The highest BCUT2D eigenvalue weighted by atomic mass is 19.4. The van der Waals surface area contributed by atoms with E-state index >= 15 is 0 Å². The van der Waals surface area contributed by atoms with Gasteiger partial charge in [-0.3, -0.25) is 0 Å². The van der Waals surface area contributed by atoms with Gasteiger partial charge in [0, 0.05) is 18.2 Å². The molecule has 0 aliphatic heterocycles. The number of aromatic nitrogens is 1. The Morgan fingerprint density at radius 1 is 1.47 bits per heavy atom. The Labute approximate surface area is 106 Å². The van der Waals surface area contributed by atoms with Crippen LogP contribution < -0.4 is 16.2 Å². The van der Waals surface area contributed by atoms with Crippen LogP contribution in [0.1, 0.15) is 22.8 Å². The normalized spacial score (nSPS) is 11.2. The molecule has 1 aromatic heterocycles. The molecule has 1 heterocycles. The number of esters is 1. The van der Waals surface area contributed by atoms with E-state index in [1.807, 2.05) is 0 Å². The van der Waals surface area contributed by atoms with Crippen molar-refractivity contribution in [3.05, 3.63) is 17.2 Å². The van der Waals surface area contributed by atoms with E-state index in [0.717, 1.165) is 6.07 Å². The maximum atomic E-state index is 12.1. The van der Waals surface area contributed by atoms with Gasteiger partial charge < -0.3 is 20.9 Å². The molecule has 0 amide bonds. The summed E-state index contributed by atoms with van der Waals surface area (Å²) < 4.78 is 44.6. The summed E-state index contributed by atoms with van der Waals surface area (Å²) in [6.45, 7) is 1.44. The van der Waals surface area contributed by atoms with Gasteiger partial charge in [-0.05, 0) is 6.92 Å². The fourth-order valence-corrected chi connectivity index (χ4v) is 1.34. The Kier molecular flexibility index (Phi) is 4.54. The molecule has 19 heavy (non-hydrogen) atoms. The lowest BCUT2D eigenvalue weighted by Crippen LogP contribution is -2.20. The van der Waals surface area contributed by atoms with Gasteiger partial charge in [-0.15, -0.1) is 13.2 Å². The van der Waals surface area contributed by atoms with Gasteiger partial charge in [0.2, 0.25) is 5.88 Å². The number of halogens is 3. The Bertz CT molecular complexity index is 477. The highest BCUT2D eigenvalue weighted by Crippen LogP contribution is 2.26. The summed E-state index contributed by atoms with van der Waals surface area (Å²) in [5, 5.41) is 0. The van der Waals surface area contributed by atoms with Gasteiger partial charge in [-0.25, -0.2) is 4.79 Å². The smallest absolute Gasteiger partial charge is 0.462 e. The highest BCUT2D eigenvalue weighted by Gasteiger charge is 2.32. The zero-order valence-corrected chi connectivity index (χ0v) is 9.95. The molecule has 0 bridgehead atoms. The van der Waals surface area contributed by atoms with E-state index in [1.165, 1.54) is 0 Å². The second-order valence-corrected chi connectivity index (χ2v) is 3.34. The summed E-state index contributed by atoms with van der Waals surface area (Å²) in [5.41, 5.74) is 10.7. The number of pyridine rings is 1. The van der Waals surface area contributed by atoms with Crippen LogP contribution in [-0.2, 0) is 11.3 Å². The van der Waals surface area contributed by atoms with Gasteiger partial charge in [0.15, 0.2) is 0 Å². The van der Waals surface area contributed by atoms with E-state index in [9.17, 15) is 18.0 Å². The summed E-state index contributed by atoms with van der Waals surface area (Å²) in [6.07, 6.45) is -4.93. The largest absolute Gasteiger partial charge is 0.574 e. The summed E-state index contributed by atoms with van der Waals surface area (Å²) >= 11 is 0. The first-order chi connectivity index (χ1) is 8.78. The fraction of sp³-hybridized carbons (Fsp3) is 0.400. The number of hydrogen-bond donors (Lipinski definition) is 2. The first-order valence-corrected chi connectivity index (χ1v) is 5.20. The molecule has 0 saturated heterocycles. The third-order valence-electron chi connectivity index (χ3n) is 2.05. The number of nitrogens with zero attached hydrogens (tertiary/aromatic N) is 1. The summed E-state index contributed by atoms with van der Waals surface area (Å²) in [6, 6.07) is 0.796. The maximum absolute atomic E-state index is 12.1. The average molecular weight is 279 g/mol. The van der Waals surface area contributed by atoms with E-state index < -0.39 is 18.2 Å². The summed E-state index contributed by atoms with van der Waals surface area (Å²) in [4.78, 5) is 15.0. The molecule has 4 N–H and O–H groups in total. The van der Waals surface area contributed by atoms with Crippen LogP contribution >= 0.6 is 0 Å². The molecule has 0 aromatic carbocycles. The number of ether oxygens (including phenoxy) is 2. The molecular formula is C10H12F3N3O3. The molecule has 0 fully saturated rings. The van der Waals surface area contributed by atoms with Crippen LogP contribution in [0.15, 0.2) is 6.07 Å². The molecule has 0 aliphatic rings. The first-order valence-electron chi connectivity index (χ1n) is 5.20. The van der Waals surface area contributed by atoms with Gasteiger partial charge in [0.1, 0.15) is 5.82 Å². The number of nitrogens with two attached hydrogens (primary N) is 2. The molecule has 6 nitrogen and oxygen atoms in total. The van der Waals surface area contributed by atoms with Crippen molar-refractivity contribution in [2.45, 2.75) is 19.8 Å². The van der Waals surface area contributed by atoms with Crippen molar-refractivity contribution >= 4 is 11.8 Å². The topological polar surface area (TPSA) is 100 Å². The summed E-state index contributed by atoms with van der Waals surface area (Å²) in [7, 11) is 0. The average Bonchev–Trinajstić information content (AvgIpc) is 2.26. The number of carbonyl (C=O) groups excluding carboxylic acids is 1. The molecule has 1 aromatic rings. The van der Waals surface area contributed by atoms with Crippen molar-refractivity contribution in [1.82, 2.24) is 4.98 Å². The zero-order valence-electron chi connectivity index (χ0n) is 9.95. The molecule has 106 valence electrons. The van der Waals surface area contributed by atoms with Crippen LogP contribution in [0.5, 0.6) is 5.88 Å². The number of hydrogen-bond acceptors (Lipinski definition) is 6. The predicted molar refractivity (Wildman–Crippen MR) is 59.2 cm³/mol. The van der Waals surface area contributed by atoms with E-state index in [1.54, 1.807) is 6.92 Å². The van der Waals surface area contributed by atoms with Crippen molar-refractivity contribution in [1.29, 1.82) is 0 Å². The SMILES string of the molecule is CCOC(=O)c1cc(OC(F)(F)F)nc(N)c1CN. The lowest BCUT2D eigenvalue weighted by molar-refractivity contribution is -0.276. The molecule has 9 heteroatoms. The van der Waals surface area contributed by atoms with Crippen LogP contribution in [0, 0.1) is 0 Å². The number of anilines is 1. The second kappa shape index (κ2) is 5.74. The first kappa shape index (κ1) is 15.0. The van der Waals surface area contributed by atoms with Crippen molar-refractivity contribution in [3.63, 3.8) is 0 Å². The van der Waals surface area contributed by atoms with Gasteiger partial charge >= 0.3 is 12.3 Å². The molecule has 1 rings (SSSR count). The van der Waals surface area contributed by atoms with Crippen molar-refractivity contribution in [2.24, 2.45) is 5.73 Å². The van der Waals surface area contributed by atoms with Crippen molar-refractivity contribution in [2.75, 3.05) is 12.3 Å². The van der Waals surface area contributed by atoms with Crippen LogP contribution in [0.2, 0.25) is 0 Å². The van der Waals surface area contributed by atoms with E-state index in [-0.39, 0.29) is 30.1 Å². The fourth-order valence-electron chi connectivity index (χ4n) is 1.34. The number of carbonyl (C=O) groups is 1. The summed E-state index contributed by atoms with van der Waals surface area (Å²) in [5.74, 6) is -2.00. The van der Waals surface area contributed by atoms with E-state index in [4.69, 9.17) is 16.2 Å². The van der Waals surface area contributed by atoms with Crippen LogP contribution in [0.4, 0.5) is 19.0 Å². The number of nitrogen functional groups attached to an aromatic ring is 1. The molecule has 0 saturated carbocycles. The minimum atomic E-state index is -4.93. The molecule has 0 spiro atoms. The monoisotopic (exact) mass is 279 g/mol. The lowest BCUT2D eigenvalue weighted by atomic mass is 10.1. The standard InChI is InChI=1S/C10H12F3N3O3/c1-2-18-9(17)5-3-7(19-10(11,12)13)16-8(15)6(5)4-14/h3H,2,4,14H2,1H3,(H2,15,16). The van der Waals surface area contributed by atoms with Gasteiger partial charge in [-0.1, -0.05) is 0 Å². The third-order valence-corrected chi connectivity index (χ3v) is 2.05. The minimum absolute atomic E-state index is 0.0561. The molecule has 0 aliphatic carbocycles. The van der Waals surface area contributed by atoms with Crippen molar-refractivity contribution < 1.29 is 27.4 Å². The number of alkyl halides is 3. The zero-order chi connectivity index (χ0) is 14.6. The minimum Gasteiger partial charge on any atom is -0.462 e. The Morgan fingerprint density at radius 2 is 2.11 bits per heavy atom. The van der Waals surface area contributed by atoms with Crippen LogP contribution in [0.3, 0.4) is 0 Å². The van der Waals surface area contributed by atoms with E-state index in [2.05, 4.69) is 9.72 Å². The highest BCUT2D eigenvalue weighted by molar-refractivity contribution is 5.92. The third kappa shape index (κ3) is 3.98. The number of rotatable bonds is 4. The van der Waals surface area contributed by atoms with Crippen LogP contribution in [0.25, 0.3) is 0 Å². The van der Waals surface area contributed by atoms with Gasteiger partial charge in [0.25, 0.3) is 0 Å². The Hall–Kier alpha value is -2.03. The van der Waals surface area contributed by atoms with E-state index in [0.29, 0.717) is 0 Å². The Morgan fingerprint density at radius 3 is 2.58 bits per heavy atom. The van der Waals surface area contributed by atoms with Crippen molar-refractivity contribution in [3.8, 4) is 5.88 Å². The molecule has 0 radical (unpaired) electrons.